The van der Waals surface area contributed by atoms with E-state index in [0.717, 1.165) is 0 Å². The van der Waals surface area contributed by atoms with Crippen LogP contribution in [0.15, 0.2) is 52.0 Å². The van der Waals surface area contributed by atoms with Crippen LogP contribution in [0.3, 0.4) is 0 Å². The largest absolute Gasteiger partial charge is 0.459 e. The van der Waals surface area contributed by atoms with Crippen LogP contribution in [-0.4, -0.2) is 16.8 Å². The molecule has 0 saturated carbocycles. The predicted octanol–water partition coefficient (Wildman–Crippen LogP) is 3.23. The second-order valence-corrected chi connectivity index (χ2v) is 5.39. The molecule has 0 unspecified atom stereocenters. The van der Waals surface area contributed by atoms with E-state index in [-0.39, 0.29) is 10.9 Å². The van der Waals surface area contributed by atoms with E-state index in [9.17, 15) is 13.6 Å². The van der Waals surface area contributed by atoms with Gasteiger partial charge in [-0.05, 0) is 48.6 Å². The Morgan fingerprint density at radius 3 is 2.50 bits per heavy atom. The second-order valence-electron chi connectivity index (χ2n) is 3.91. The first-order valence-corrected chi connectivity index (χ1v) is 7.29. The summed E-state index contributed by atoms with van der Waals surface area (Å²) in [4.78, 5) is 12.0. The number of anilines is 1. The highest BCUT2D eigenvalue weighted by Gasteiger charge is 2.08. The number of hydrogen-bond donors (Lipinski definition) is 3. The molecule has 5 nitrogen and oxygen atoms in total. The van der Waals surface area contributed by atoms with Crippen molar-refractivity contribution >= 4 is 40.7 Å². The van der Waals surface area contributed by atoms with Crippen molar-refractivity contribution in [3.05, 3.63) is 48.4 Å². The summed E-state index contributed by atoms with van der Waals surface area (Å²) in [7, 11) is 0. The van der Waals surface area contributed by atoms with Crippen LogP contribution in [0.1, 0.15) is 10.6 Å². The van der Waals surface area contributed by atoms with Crippen LogP contribution in [0, 0.1) is 0 Å². The van der Waals surface area contributed by atoms with Gasteiger partial charge in [-0.2, -0.15) is 8.78 Å². The third-order valence-electron chi connectivity index (χ3n) is 2.37. The van der Waals surface area contributed by atoms with E-state index in [4.69, 9.17) is 16.6 Å². The van der Waals surface area contributed by atoms with E-state index in [0.29, 0.717) is 22.3 Å². The van der Waals surface area contributed by atoms with Gasteiger partial charge in [0.1, 0.15) is 0 Å². The molecule has 1 aromatic heterocycles. The summed E-state index contributed by atoms with van der Waals surface area (Å²) in [6.45, 7) is 0. The highest BCUT2D eigenvalue weighted by Crippen LogP contribution is 2.26. The summed E-state index contributed by atoms with van der Waals surface area (Å²) in [5.74, 6) is -2.79. The van der Waals surface area contributed by atoms with Crippen LogP contribution < -0.4 is 16.2 Å². The van der Waals surface area contributed by atoms with E-state index in [2.05, 4.69) is 16.2 Å². The highest BCUT2D eigenvalue weighted by molar-refractivity contribution is 7.99. The van der Waals surface area contributed by atoms with Gasteiger partial charge in [0.05, 0.1) is 6.26 Å². The van der Waals surface area contributed by atoms with Gasteiger partial charge in [-0.3, -0.25) is 15.6 Å². The van der Waals surface area contributed by atoms with Crippen molar-refractivity contribution < 1.29 is 18.0 Å². The molecular formula is C13H11F2N3O2S2. The van der Waals surface area contributed by atoms with Crippen molar-refractivity contribution in [3.8, 4) is 0 Å². The maximum atomic E-state index is 12.2. The number of halogens is 2. The molecule has 3 N–H and O–H groups in total. The minimum absolute atomic E-state index is 0.142. The van der Waals surface area contributed by atoms with Gasteiger partial charge in [-0.1, -0.05) is 11.8 Å². The molecule has 116 valence electrons. The van der Waals surface area contributed by atoms with E-state index >= 15 is 0 Å². The summed E-state index contributed by atoms with van der Waals surface area (Å²) in [5, 5.41) is 2.95. The quantitative estimate of drug-likeness (QED) is 0.450. The summed E-state index contributed by atoms with van der Waals surface area (Å²) < 4.78 is 29.3. The van der Waals surface area contributed by atoms with Gasteiger partial charge in [-0.25, -0.2) is 0 Å². The molecule has 1 amide bonds. The number of hydrazine groups is 1. The maximum absolute atomic E-state index is 12.2. The normalized spacial score (nSPS) is 10.3. The van der Waals surface area contributed by atoms with Crippen molar-refractivity contribution in [1.82, 2.24) is 10.9 Å². The number of carbonyl (C=O) groups is 1. The van der Waals surface area contributed by atoms with Gasteiger partial charge in [0.15, 0.2) is 10.9 Å². The minimum atomic E-state index is -2.46. The van der Waals surface area contributed by atoms with E-state index in [1.54, 1.807) is 30.3 Å². The molecule has 0 atom stereocenters. The van der Waals surface area contributed by atoms with Crippen LogP contribution in [0.25, 0.3) is 0 Å². The Labute approximate surface area is 134 Å². The standard InChI is InChI=1S/C13H11F2N3O2S2/c14-12(15)22-9-5-3-8(4-6-9)16-13(21)18-17-11(19)10-2-1-7-20-10/h1-7,12H,(H,17,19)(H2,16,18,21). The molecule has 2 rings (SSSR count). The zero-order chi connectivity index (χ0) is 15.9. The maximum Gasteiger partial charge on any atom is 0.305 e. The topological polar surface area (TPSA) is 66.3 Å². The van der Waals surface area contributed by atoms with Crippen LogP contribution in [-0.2, 0) is 0 Å². The lowest BCUT2D eigenvalue weighted by molar-refractivity contribution is 0.0916. The Hall–Kier alpha value is -2.13. The number of thiocarbonyl (C=S) groups is 1. The molecule has 0 fully saturated rings. The number of nitrogens with one attached hydrogen (secondary N) is 3. The Balaban J connectivity index is 1.80. The summed E-state index contributed by atoms with van der Waals surface area (Å²) in [6, 6.07) is 9.39. The van der Waals surface area contributed by atoms with Crippen molar-refractivity contribution in [2.24, 2.45) is 0 Å². The summed E-state index contributed by atoms with van der Waals surface area (Å²) in [6.07, 6.45) is 1.38. The summed E-state index contributed by atoms with van der Waals surface area (Å²) in [5.41, 5.74) is 5.45. The average Bonchev–Trinajstić information content (AvgIpc) is 3.00. The third kappa shape index (κ3) is 5.01. The highest BCUT2D eigenvalue weighted by atomic mass is 32.2. The molecule has 0 aliphatic heterocycles. The summed E-state index contributed by atoms with van der Waals surface area (Å²) >= 11 is 5.46. The Bertz CT molecular complexity index is 633. The fourth-order valence-electron chi connectivity index (χ4n) is 1.46. The number of alkyl halides is 2. The molecule has 0 bridgehead atoms. The molecule has 0 saturated heterocycles. The molecule has 0 aliphatic carbocycles. The van der Waals surface area contributed by atoms with Gasteiger partial charge in [0, 0.05) is 10.6 Å². The number of hydrogen-bond acceptors (Lipinski definition) is 4. The first kappa shape index (κ1) is 16.2. The van der Waals surface area contributed by atoms with E-state index in [1.807, 2.05) is 0 Å². The lowest BCUT2D eigenvalue weighted by Gasteiger charge is -2.11. The predicted molar refractivity (Wildman–Crippen MR) is 83.8 cm³/mol. The molecule has 1 aromatic carbocycles. The Morgan fingerprint density at radius 2 is 1.91 bits per heavy atom. The van der Waals surface area contributed by atoms with Crippen LogP contribution in [0.2, 0.25) is 0 Å². The van der Waals surface area contributed by atoms with Crippen molar-refractivity contribution in [2.75, 3.05) is 5.32 Å². The molecule has 0 spiro atoms. The number of thioether (sulfide) groups is 1. The number of amides is 1. The van der Waals surface area contributed by atoms with Crippen molar-refractivity contribution in [1.29, 1.82) is 0 Å². The molecule has 1 heterocycles. The number of carbonyl (C=O) groups excluding carboxylic acids is 1. The van der Waals surface area contributed by atoms with Gasteiger partial charge in [0.25, 0.3) is 5.76 Å². The SMILES string of the molecule is O=C(NNC(=S)Nc1ccc(SC(F)F)cc1)c1ccco1. The minimum Gasteiger partial charge on any atom is -0.459 e. The first-order chi connectivity index (χ1) is 10.5. The zero-order valence-electron chi connectivity index (χ0n) is 11.0. The fraction of sp³-hybridized carbons (Fsp3) is 0.0769. The third-order valence-corrected chi connectivity index (χ3v) is 3.30. The smallest absolute Gasteiger partial charge is 0.305 e. The van der Waals surface area contributed by atoms with Crippen LogP contribution in [0.4, 0.5) is 14.5 Å². The van der Waals surface area contributed by atoms with Crippen molar-refractivity contribution in [2.45, 2.75) is 10.7 Å². The number of benzene rings is 1. The van der Waals surface area contributed by atoms with Gasteiger partial charge in [-0.15, -0.1) is 0 Å². The number of rotatable bonds is 4. The Kier molecular flexibility index (Phi) is 5.73. The number of furan rings is 1. The van der Waals surface area contributed by atoms with Gasteiger partial charge < -0.3 is 9.73 Å². The molecule has 9 heteroatoms. The molecule has 22 heavy (non-hydrogen) atoms. The van der Waals surface area contributed by atoms with Crippen LogP contribution in [0.5, 0.6) is 0 Å². The molecule has 0 radical (unpaired) electrons. The van der Waals surface area contributed by atoms with E-state index < -0.39 is 11.7 Å². The molecule has 2 aromatic rings. The van der Waals surface area contributed by atoms with Crippen LogP contribution >= 0.6 is 24.0 Å². The first-order valence-electron chi connectivity index (χ1n) is 6.00. The van der Waals surface area contributed by atoms with Crippen molar-refractivity contribution in [3.63, 3.8) is 0 Å². The Morgan fingerprint density at radius 1 is 1.18 bits per heavy atom. The monoisotopic (exact) mass is 343 g/mol. The zero-order valence-corrected chi connectivity index (χ0v) is 12.6. The van der Waals surface area contributed by atoms with Gasteiger partial charge >= 0.3 is 5.91 Å². The lowest BCUT2D eigenvalue weighted by Crippen LogP contribution is -2.43. The second kappa shape index (κ2) is 7.76. The van der Waals surface area contributed by atoms with E-state index in [1.165, 1.54) is 12.3 Å². The fourth-order valence-corrected chi connectivity index (χ4v) is 2.13. The molecule has 0 aliphatic rings. The average molecular weight is 343 g/mol. The lowest BCUT2D eigenvalue weighted by atomic mass is 10.3. The molecular weight excluding hydrogens is 332 g/mol. The van der Waals surface area contributed by atoms with Gasteiger partial charge in [0.2, 0.25) is 0 Å².